The second-order valence-electron chi connectivity index (χ2n) is 9.48. The molecule has 7 nitrogen and oxygen atoms in total. The standard InChI is InChI=1S/C26H29FN4O3/c27-21-10-4-3-9-20(21)26(18-24(33)31(25(26)34)19-7-1-2-8-19)17-23(32)30-15-13-29(14-16-30)22-11-5-6-12-28-22/h3-6,9-12,19H,1-2,7-8,13-18H2/t26-/m0/s1. The van der Waals surface area contributed by atoms with Crippen LogP contribution in [-0.4, -0.2) is 64.7 Å². The van der Waals surface area contributed by atoms with Crippen molar-refractivity contribution in [2.24, 2.45) is 0 Å². The molecule has 1 atom stereocenters. The lowest BCUT2D eigenvalue weighted by Gasteiger charge is -2.37. The van der Waals surface area contributed by atoms with E-state index in [9.17, 15) is 14.4 Å². The molecule has 2 aromatic rings. The zero-order chi connectivity index (χ0) is 23.7. The highest BCUT2D eigenvalue weighted by atomic mass is 19.1. The molecule has 0 radical (unpaired) electrons. The summed E-state index contributed by atoms with van der Waals surface area (Å²) < 4.78 is 15.0. The molecule has 3 aliphatic rings. The van der Waals surface area contributed by atoms with Gasteiger partial charge in [0.15, 0.2) is 0 Å². The Kier molecular flexibility index (Phi) is 6.06. The number of piperazine rings is 1. The minimum absolute atomic E-state index is 0.148. The number of benzene rings is 1. The Morgan fingerprint density at radius 2 is 1.71 bits per heavy atom. The number of aromatic nitrogens is 1. The number of halogens is 1. The molecule has 3 amide bonds. The molecule has 1 aliphatic carbocycles. The molecule has 1 saturated carbocycles. The molecule has 178 valence electrons. The quantitative estimate of drug-likeness (QED) is 0.637. The van der Waals surface area contributed by atoms with Crippen molar-refractivity contribution in [3.8, 4) is 0 Å². The Hall–Kier alpha value is -3.29. The molecule has 0 N–H and O–H groups in total. The van der Waals surface area contributed by atoms with Gasteiger partial charge in [0.1, 0.15) is 11.6 Å². The van der Waals surface area contributed by atoms with E-state index in [1.54, 1.807) is 29.3 Å². The van der Waals surface area contributed by atoms with Crippen LogP contribution in [-0.2, 0) is 19.8 Å². The van der Waals surface area contributed by atoms with E-state index in [1.807, 2.05) is 18.2 Å². The number of imide groups is 1. The van der Waals surface area contributed by atoms with Crippen LogP contribution in [0, 0.1) is 5.82 Å². The highest BCUT2D eigenvalue weighted by molar-refractivity contribution is 6.11. The van der Waals surface area contributed by atoms with Gasteiger partial charge in [-0.05, 0) is 31.0 Å². The van der Waals surface area contributed by atoms with E-state index in [4.69, 9.17) is 0 Å². The van der Waals surface area contributed by atoms with E-state index < -0.39 is 17.1 Å². The van der Waals surface area contributed by atoms with Gasteiger partial charge in [-0.15, -0.1) is 0 Å². The van der Waals surface area contributed by atoms with Crippen LogP contribution in [0.3, 0.4) is 0 Å². The van der Waals surface area contributed by atoms with Crippen molar-refractivity contribution in [1.29, 1.82) is 0 Å². The van der Waals surface area contributed by atoms with E-state index in [0.717, 1.165) is 31.5 Å². The second kappa shape index (κ2) is 9.16. The van der Waals surface area contributed by atoms with Gasteiger partial charge in [-0.2, -0.15) is 0 Å². The van der Waals surface area contributed by atoms with Gasteiger partial charge in [0.2, 0.25) is 17.7 Å². The lowest BCUT2D eigenvalue weighted by atomic mass is 9.75. The predicted molar refractivity (Wildman–Crippen MR) is 124 cm³/mol. The van der Waals surface area contributed by atoms with E-state index in [-0.39, 0.29) is 36.3 Å². The van der Waals surface area contributed by atoms with Crippen LogP contribution in [0.5, 0.6) is 0 Å². The number of rotatable bonds is 5. The molecule has 34 heavy (non-hydrogen) atoms. The van der Waals surface area contributed by atoms with Crippen LogP contribution in [0.15, 0.2) is 48.7 Å². The maximum absolute atomic E-state index is 15.0. The SMILES string of the molecule is O=C(C[C@@]1(c2ccccc2F)CC(=O)N(C2CCCC2)C1=O)N1CCN(c2ccccn2)CC1. The van der Waals surface area contributed by atoms with Gasteiger partial charge in [-0.3, -0.25) is 19.3 Å². The van der Waals surface area contributed by atoms with Crippen LogP contribution in [0.1, 0.15) is 44.1 Å². The second-order valence-corrected chi connectivity index (χ2v) is 9.48. The third-order valence-corrected chi connectivity index (χ3v) is 7.49. The molecule has 1 aromatic carbocycles. The van der Waals surface area contributed by atoms with Gasteiger partial charge in [-0.1, -0.05) is 37.1 Å². The van der Waals surface area contributed by atoms with Crippen molar-refractivity contribution in [2.45, 2.75) is 50.0 Å². The van der Waals surface area contributed by atoms with Gasteiger partial charge in [0.25, 0.3) is 0 Å². The van der Waals surface area contributed by atoms with Gasteiger partial charge in [-0.25, -0.2) is 9.37 Å². The van der Waals surface area contributed by atoms with E-state index in [0.29, 0.717) is 26.2 Å². The van der Waals surface area contributed by atoms with Gasteiger partial charge >= 0.3 is 0 Å². The van der Waals surface area contributed by atoms with Crippen molar-refractivity contribution in [3.63, 3.8) is 0 Å². The first-order valence-electron chi connectivity index (χ1n) is 12.0. The Bertz CT molecular complexity index is 1080. The number of likely N-dealkylation sites (tertiary alicyclic amines) is 1. The molecule has 3 heterocycles. The summed E-state index contributed by atoms with van der Waals surface area (Å²) in [6, 6.07) is 11.6. The van der Waals surface area contributed by atoms with Gasteiger partial charge < -0.3 is 9.80 Å². The number of pyridine rings is 1. The fraction of sp³-hybridized carbons (Fsp3) is 0.462. The zero-order valence-corrected chi connectivity index (χ0v) is 19.2. The van der Waals surface area contributed by atoms with Crippen molar-refractivity contribution in [3.05, 3.63) is 60.0 Å². The first kappa shape index (κ1) is 22.5. The summed E-state index contributed by atoms with van der Waals surface area (Å²) in [5.74, 6) is -0.632. The van der Waals surface area contributed by atoms with Crippen molar-refractivity contribution < 1.29 is 18.8 Å². The highest BCUT2D eigenvalue weighted by Gasteiger charge is 2.56. The molecule has 3 fully saturated rings. The number of anilines is 1. The Morgan fingerprint density at radius 1 is 1.00 bits per heavy atom. The minimum Gasteiger partial charge on any atom is -0.353 e. The zero-order valence-electron chi connectivity index (χ0n) is 19.2. The number of carbonyl (C=O) groups is 3. The molecule has 0 unspecified atom stereocenters. The number of hydrogen-bond acceptors (Lipinski definition) is 5. The van der Waals surface area contributed by atoms with Crippen molar-refractivity contribution >= 4 is 23.5 Å². The largest absolute Gasteiger partial charge is 0.353 e. The molecule has 8 heteroatoms. The molecule has 0 bridgehead atoms. The van der Waals surface area contributed by atoms with Crippen molar-refractivity contribution in [1.82, 2.24) is 14.8 Å². The highest BCUT2D eigenvalue weighted by Crippen LogP contribution is 2.44. The first-order chi connectivity index (χ1) is 16.5. The van der Waals surface area contributed by atoms with Crippen LogP contribution in [0.2, 0.25) is 0 Å². The lowest BCUT2D eigenvalue weighted by Crippen LogP contribution is -2.51. The number of carbonyl (C=O) groups excluding carboxylic acids is 3. The third-order valence-electron chi connectivity index (χ3n) is 7.49. The molecule has 0 spiro atoms. The summed E-state index contributed by atoms with van der Waals surface area (Å²) in [5, 5.41) is 0. The van der Waals surface area contributed by atoms with Crippen LogP contribution in [0.4, 0.5) is 10.2 Å². The summed E-state index contributed by atoms with van der Waals surface area (Å²) >= 11 is 0. The maximum atomic E-state index is 15.0. The fourth-order valence-electron chi connectivity index (χ4n) is 5.68. The fourth-order valence-corrected chi connectivity index (χ4v) is 5.68. The summed E-state index contributed by atoms with van der Waals surface area (Å²) in [5.41, 5.74) is -1.34. The molecule has 5 rings (SSSR count). The Balaban J connectivity index is 1.38. The van der Waals surface area contributed by atoms with Crippen molar-refractivity contribution in [2.75, 3.05) is 31.1 Å². The maximum Gasteiger partial charge on any atom is 0.241 e. The predicted octanol–water partition coefficient (Wildman–Crippen LogP) is 2.90. The Morgan fingerprint density at radius 3 is 2.38 bits per heavy atom. The number of hydrogen-bond donors (Lipinski definition) is 0. The average molecular weight is 465 g/mol. The van der Waals surface area contributed by atoms with E-state index >= 15 is 4.39 Å². The first-order valence-corrected chi connectivity index (χ1v) is 12.0. The molecule has 2 aliphatic heterocycles. The molecule has 1 aromatic heterocycles. The van der Waals surface area contributed by atoms with Gasteiger partial charge in [0, 0.05) is 56.8 Å². The third kappa shape index (κ3) is 3.95. The lowest BCUT2D eigenvalue weighted by molar-refractivity contribution is -0.144. The van der Waals surface area contributed by atoms with E-state index in [2.05, 4.69) is 9.88 Å². The number of nitrogens with zero attached hydrogens (tertiary/aromatic N) is 4. The summed E-state index contributed by atoms with van der Waals surface area (Å²) in [6.45, 7) is 2.21. The Labute approximate surface area is 198 Å². The summed E-state index contributed by atoms with van der Waals surface area (Å²) in [4.78, 5) is 49.9. The summed E-state index contributed by atoms with van der Waals surface area (Å²) in [7, 11) is 0. The minimum atomic E-state index is -1.49. The molecular formula is C26H29FN4O3. The smallest absolute Gasteiger partial charge is 0.241 e. The van der Waals surface area contributed by atoms with Crippen LogP contribution in [0.25, 0.3) is 0 Å². The molecular weight excluding hydrogens is 435 g/mol. The normalized spacial score (nSPS) is 23.7. The molecule has 2 saturated heterocycles. The van der Waals surface area contributed by atoms with E-state index in [1.165, 1.54) is 11.0 Å². The van der Waals surface area contributed by atoms with Gasteiger partial charge in [0.05, 0.1) is 5.41 Å². The monoisotopic (exact) mass is 464 g/mol. The topological polar surface area (TPSA) is 73.8 Å². The van der Waals surface area contributed by atoms with Crippen LogP contribution >= 0.6 is 0 Å². The van der Waals surface area contributed by atoms with Crippen LogP contribution < -0.4 is 4.90 Å². The summed E-state index contributed by atoms with van der Waals surface area (Å²) in [6.07, 6.45) is 4.85. The average Bonchev–Trinajstić information content (AvgIpc) is 3.46. The number of amides is 3.